The number of fused-ring (bicyclic) bond motifs is 2. The summed E-state index contributed by atoms with van der Waals surface area (Å²) >= 11 is 0. The van der Waals surface area contributed by atoms with Crippen molar-refractivity contribution in [1.29, 1.82) is 0 Å². The monoisotopic (exact) mass is 386 g/mol. The van der Waals surface area contributed by atoms with E-state index in [1.807, 2.05) is 0 Å². The van der Waals surface area contributed by atoms with Gasteiger partial charge in [-0.15, -0.1) is 0 Å². The maximum Gasteiger partial charge on any atom is 0.483 e. The second-order valence-electron chi connectivity index (χ2n) is 6.41. The molecule has 1 amide bonds. The van der Waals surface area contributed by atoms with E-state index in [1.54, 1.807) is 25.1 Å². The molecule has 144 valence electrons. The molecule has 1 aromatic carbocycles. The van der Waals surface area contributed by atoms with Gasteiger partial charge < -0.3 is 4.74 Å². The van der Waals surface area contributed by atoms with Gasteiger partial charge in [0.2, 0.25) is 0 Å². The maximum absolute atomic E-state index is 14.3. The number of rotatable bonds is 3. The van der Waals surface area contributed by atoms with Crippen LogP contribution >= 0.6 is 0 Å². The highest BCUT2D eigenvalue weighted by Gasteiger charge is 2.51. The van der Waals surface area contributed by atoms with E-state index in [1.165, 1.54) is 30.1 Å². The highest BCUT2D eigenvalue weighted by molar-refractivity contribution is 6.01. The lowest BCUT2D eigenvalue weighted by Crippen LogP contribution is -2.51. The summed E-state index contributed by atoms with van der Waals surface area (Å²) in [6.07, 6.45) is -0.667. The predicted molar refractivity (Wildman–Crippen MR) is 97.4 cm³/mol. The van der Waals surface area contributed by atoms with Crippen LogP contribution in [-0.4, -0.2) is 26.6 Å². The van der Waals surface area contributed by atoms with Gasteiger partial charge in [0, 0.05) is 19.4 Å². The van der Waals surface area contributed by atoms with E-state index in [-0.39, 0.29) is 29.4 Å². The number of alkyl halides is 2. The zero-order valence-electron chi connectivity index (χ0n) is 15.1. The third kappa shape index (κ3) is 2.70. The summed E-state index contributed by atoms with van der Waals surface area (Å²) in [5.74, 6) is -1.37. The Morgan fingerprint density at radius 3 is 2.75 bits per heavy atom. The average Bonchev–Trinajstić information content (AvgIpc) is 2.68. The largest absolute Gasteiger partial charge is 0.483 e. The molecule has 0 spiro atoms. The second-order valence-corrected chi connectivity index (χ2v) is 6.41. The number of carbonyl (C=O) groups excluding carboxylic acids is 1. The van der Waals surface area contributed by atoms with Gasteiger partial charge in [0.05, 0.1) is 23.1 Å². The standard InChI is InChI=1S/C19H16F2N4O3/c1-3-11-5-4-6-14-16(11)28-19(20,21)18(27)25(14)10-15-23-13-7-8-22-9-12(13)17(26)24(15)2/h4-9H,3,10H2,1-2H3. The van der Waals surface area contributed by atoms with Gasteiger partial charge in [0.25, 0.3) is 5.56 Å². The van der Waals surface area contributed by atoms with Crippen LogP contribution in [0.25, 0.3) is 10.9 Å². The number of hydrogen-bond donors (Lipinski definition) is 0. The molecule has 0 saturated heterocycles. The van der Waals surface area contributed by atoms with Gasteiger partial charge in [0.1, 0.15) is 5.82 Å². The summed E-state index contributed by atoms with van der Waals surface area (Å²) in [4.78, 5) is 34.1. The molecule has 2 aromatic heterocycles. The number of hydrogen-bond acceptors (Lipinski definition) is 5. The molecule has 28 heavy (non-hydrogen) atoms. The minimum absolute atomic E-state index is 0.0374. The van der Waals surface area contributed by atoms with Crippen LogP contribution < -0.4 is 15.2 Å². The number of aryl methyl sites for hydroxylation is 1. The lowest BCUT2D eigenvalue weighted by molar-refractivity contribution is -0.193. The van der Waals surface area contributed by atoms with Crippen LogP contribution in [0.2, 0.25) is 0 Å². The van der Waals surface area contributed by atoms with Gasteiger partial charge in [-0.1, -0.05) is 19.1 Å². The topological polar surface area (TPSA) is 77.3 Å². The minimum Gasteiger partial charge on any atom is -0.423 e. The number of halogens is 2. The fourth-order valence-corrected chi connectivity index (χ4v) is 3.22. The third-order valence-corrected chi connectivity index (χ3v) is 4.74. The average molecular weight is 386 g/mol. The fourth-order valence-electron chi connectivity index (χ4n) is 3.22. The van der Waals surface area contributed by atoms with E-state index in [2.05, 4.69) is 9.97 Å². The Balaban J connectivity index is 1.86. The number of para-hydroxylation sites is 1. The molecule has 1 aliphatic rings. The van der Waals surface area contributed by atoms with Crippen LogP contribution in [0.1, 0.15) is 18.3 Å². The molecule has 4 rings (SSSR count). The molecule has 0 aliphatic carbocycles. The molecule has 0 saturated carbocycles. The van der Waals surface area contributed by atoms with Crippen LogP contribution in [0, 0.1) is 0 Å². The van der Waals surface area contributed by atoms with Crippen molar-refractivity contribution in [2.24, 2.45) is 7.05 Å². The van der Waals surface area contributed by atoms with E-state index in [0.29, 0.717) is 22.9 Å². The van der Waals surface area contributed by atoms with Gasteiger partial charge >= 0.3 is 12.0 Å². The van der Waals surface area contributed by atoms with Gasteiger partial charge in [-0.05, 0) is 24.1 Å². The first-order valence-electron chi connectivity index (χ1n) is 8.63. The highest BCUT2D eigenvalue weighted by Crippen LogP contribution is 2.42. The van der Waals surface area contributed by atoms with Crippen molar-refractivity contribution in [3.05, 3.63) is 58.4 Å². The van der Waals surface area contributed by atoms with Gasteiger partial charge in [-0.2, -0.15) is 8.78 Å². The molecule has 3 heterocycles. The molecule has 0 radical (unpaired) electrons. The van der Waals surface area contributed by atoms with Crippen molar-refractivity contribution >= 4 is 22.5 Å². The Morgan fingerprint density at radius 1 is 1.21 bits per heavy atom. The smallest absolute Gasteiger partial charge is 0.423 e. The van der Waals surface area contributed by atoms with Crippen LogP contribution in [0.4, 0.5) is 14.5 Å². The van der Waals surface area contributed by atoms with Crippen molar-refractivity contribution in [2.45, 2.75) is 26.0 Å². The van der Waals surface area contributed by atoms with Crippen molar-refractivity contribution in [1.82, 2.24) is 14.5 Å². The summed E-state index contributed by atoms with van der Waals surface area (Å²) in [7, 11) is 1.48. The van der Waals surface area contributed by atoms with Crippen LogP contribution in [-0.2, 0) is 24.8 Å². The molecule has 0 atom stereocenters. The number of nitrogens with zero attached hydrogens (tertiary/aromatic N) is 4. The number of pyridine rings is 1. The molecule has 0 bridgehead atoms. The van der Waals surface area contributed by atoms with Crippen LogP contribution in [0.3, 0.4) is 0 Å². The number of benzene rings is 1. The van der Waals surface area contributed by atoms with Crippen molar-refractivity contribution in [2.75, 3.05) is 4.90 Å². The number of anilines is 1. The number of aromatic nitrogens is 3. The first-order valence-corrected chi connectivity index (χ1v) is 8.63. The van der Waals surface area contributed by atoms with E-state index in [0.717, 1.165) is 4.90 Å². The van der Waals surface area contributed by atoms with Gasteiger partial charge in [-0.3, -0.25) is 24.0 Å². The normalized spacial score (nSPS) is 15.4. The zero-order chi connectivity index (χ0) is 20.1. The van der Waals surface area contributed by atoms with Crippen LogP contribution in [0.5, 0.6) is 5.75 Å². The Kier molecular flexibility index (Phi) is 4.10. The SMILES string of the molecule is CCc1cccc2c1OC(F)(F)C(=O)N2Cc1nc2ccncc2c(=O)n1C. The van der Waals surface area contributed by atoms with Gasteiger partial charge in [0.15, 0.2) is 5.75 Å². The quantitative estimate of drug-likeness (QED) is 0.691. The highest BCUT2D eigenvalue weighted by atomic mass is 19.3. The summed E-state index contributed by atoms with van der Waals surface area (Å²) in [6.45, 7) is 1.50. The van der Waals surface area contributed by atoms with Crippen molar-refractivity contribution in [3.63, 3.8) is 0 Å². The Morgan fingerprint density at radius 2 is 2.00 bits per heavy atom. The van der Waals surface area contributed by atoms with Crippen molar-refractivity contribution < 1.29 is 18.3 Å². The number of ether oxygens (including phenoxy) is 1. The molecule has 0 unspecified atom stereocenters. The van der Waals surface area contributed by atoms with Crippen LogP contribution in [0.15, 0.2) is 41.5 Å². The van der Waals surface area contributed by atoms with E-state index in [9.17, 15) is 18.4 Å². The lowest BCUT2D eigenvalue weighted by atomic mass is 10.1. The zero-order valence-corrected chi connectivity index (χ0v) is 15.1. The Labute approximate surface area is 158 Å². The fraction of sp³-hybridized carbons (Fsp3) is 0.263. The van der Waals surface area contributed by atoms with Gasteiger partial charge in [-0.25, -0.2) is 4.98 Å². The number of carbonyl (C=O) groups is 1. The first kappa shape index (κ1) is 18.0. The summed E-state index contributed by atoms with van der Waals surface area (Å²) in [5, 5.41) is 0.307. The Hall–Kier alpha value is -3.36. The summed E-state index contributed by atoms with van der Waals surface area (Å²) in [6, 6.07) is 6.42. The van der Waals surface area contributed by atoms with E-state index in [4.69, 9.17) is 4.74 Å². The predicted octanol–water partition coefficient (Wildman–Crippen LogP) is 2.41. The maximum atomic E-state index is 14.3. The Bertz CT molecular complexity index is 1160. The molecular weight excluding hydrogens is 370 g/mol. The minimum atomic E-state index is -4.00. The number of amides is 1. The van der Waals surface area contributed by atoms with Crippen molar-refractivity contribution in [3.8, 4) is 5.75 Å². The molecule has 9 heteroatoms. The lowest BCUT2D eigenvalue weighted by Gasteiger charge is -2.34. The molecule has 3 aromatic rings. The molecule has 7 nitrogen and oxygen atoms in total. The summed E-state index contributed by atoms with van der Waals surface area (Å²) < 4.78 is 34.5. The third-order valence-electron chi connectivity index (χ3n) is 4.74. The summed E-state index contributed by atoms with van der Waals surface area (Å²) in [5.41, 5.74) is 0.784. The van der Waals surface area contributed by atoms with E-state index >= 15 is 0 Å². The molecule has 0 fully saturated rings. The molecular formula is C19H16F2N4O3. The first-order chi connectivity index (χ1) is 13.3. The van der Waals surface area contributed by atoms with E-state index < -0.39 is 12.0 Å². The second kappa shape index (κ2) is 6.36. The molecule has 1 aliphatic heterocycles. The molecule has 0 N–H and O–H groups in total.